The second-order valence-corrected chi connectivity index (χ2v) is 9.51. The highest BCUT2D eigenvalue weighted by Crippen LogP contribution is 2.30. The van der Waals surface area contributed by atoms with E-state index in [9.17, 15) is 13.2 Å². The Morgan fingerprint density at radius 2 is 1.63 bits per heavy atom. The molecule has 1 aliphatic rings. The maximum atomic E-state index is 13.2. The summed E-state index contributed by atoms with van der Waals surface area (Å²) in [5.41, 5.74) is 0.750. The first-order valence-corrected chi connectivity index (χ1v) is 11.4. The molecule has 0 aliphatic carbocycles. The minimum atomic E-state index is -3.76. The van der Waals surface area contributed by atoms with E-state index in [1.807, 2.05) is 24.1 Å². The molecule has 0 unspecified atom stereocenters. The van der Waals surface area contributed by atoms with Crippen molar-refractivity contribution in [2.75, 3.05) is 47.4 Å². The summed E-state index contributed by atoms with van der Waals surface area (Å²) in [7, 11) is 1.38. The monoisotopic (exact) mass is 431 g/mol. The van der Waals surface area contributed by atoms with Crippen LogP contribution in [0.4, 0.5) is 0 Å². The molecule has 1 atom stereocenters. The maximum Gasteiger partial charge on any atom is 0.243 e. The molecule has 2 aromatic carbocycles. The molecule has 162 valence electrons. The van der Waals surface area contributed by atoms with Gasteiger partial charge in [0.2, 0.25) is 15.9 Å². The van der Waals surface area contributed by atoms with Crippen LogP contribution < -0.4 is 4.74 Å². The predicted octanol–water partition coefficient (Wildman–Crippen LogP) is 2.22. The van der Waals surface area contributed by atoms with Gasteiger partial charge in [-0.2, -0.15) is 4.31 Å². The molecule has 0 aromatic heterocycles. The third-order valence-corrected chi connectivity index (χ3v) is 7.46. The van der Waals surface area contributed by atoms with Crippen molar-refractivity contribution in [1.82, 2.24) is 14.1 Å². The summed E-state index contributed by atoms with van der Waals surface area (Å²) in [6.45, 7) is 2.94. The molecule has 7 nitrogen and oxygen atoms in total. The van der Waals surface area contributed by atoms with Crippen LogP contribution in [0.1, 0.15) is 18.0 Å². The normalized spacial score (nSPS) is 16.5. The summed E-state index contributed by atoms with van der Waals surface area (Å²) in [6.07, 6.45) is 0.0820. The number of hydrogen-bond acceptors (Lipinski definition) is 5. The molecule has 0 spiro atoms. The van der Waals surface area contributed by atoms with Crippen LogP contribution in [0.3, 0.4) is 0 Å². The molecule has 0 saturated carbocycles. The van der Waals surface area contributed by atoms with Gasteiger partial charge >= 0.3 is 0 Å². The Morgan fingerprint density at radius 3 is 2.20 bits per heavy atom. The van der Waals surface area contributed by atoms with E-state index in [1.165, 1.54) is 11.4 Å². The Hall–Kier alpha value is -2.42. The fourth-order valence-electron chi connectivity index (χ4n) is 3.56. The van der Waals surface area contributed by atoms with Crippen LogP contribution in [0.5, 0.6) is 5.75 Å². The molecule has 1 fully saturated rings. The van der Waals surface area contributed by atoms with Crippen molar-refractivity contribution in [3.8, 4) is 5.75 Å². The number of methoxy groups -OCH3 is 1. The molecule has 1 amide bonds. The van der Waals surface area contributed by atoms with E-state index in [4.69, 9.17) is 4.74 Å². The van der Waals surface area contributed by atoms with E-state index in [0.717, 1.165) is 18.7 Å². The zero-order chi connectivity index (χ0) is 21.7. The fourth-order valence-corrected chi connectivity index (χ4v) is 4.92. The van der Waals surface area contributed by atoms with Gasteiger partial charge in [-0.25, -0.2) is 8.42 Å². The topological polar surface area (TPSA) is 70.2 Å². The lowest BCUT2D eigenvalue weighted by Gasteiger charge is -2.34. The van der Waals surface area contributed by atoms with Crippen molar-refractivity contribution in [3.63, 3.8) is 0 Å². The summed E-state index contributed by atoms with van der Waals surface area (Å²) in [4.78, 5) is 17.2. The van der Waals surface area contributed by atoms with Gasteiger partial charge in [0.05, 0.1) is 18.0 Å². The highest BCUT2D eigenvalue weighted by atomic mass is 32.2. The number of likely N-dealkylation sites (N-methyl/N-ethyl adjacent to an activating group) is 1. The number of rotatable bonds is 7. The minimum absolute atomic E-state index is 0.0426. The lowest BCUT2D eigenvalue weighted by atomic mass is 10.0. The Kier molecular flexibility index (Phi) is 7.12. The molecular formula is C22H29N3O4S. The first-order chi connectivity index (χ1) is 14.3. The lowest BCUT2D eigenvalue weighted by Crippen LogP contribution is -2.48. The molecule has 1 saturated heterocycles. The maximum absolute atomic E-state index is 13.2. The summed E-state index contributed by atoms with van der Waals surface area (Å²) < 4.78 is 33.0. The molecule has 0 bridgehead atoms. The SMILES string of the molecule is COc1ccc([C@H](CC(=O)N2CCN(C)CC2)N(C)S(=O)(=O)c2ccccc2)cc1. The molecule has 0 radical (unpaired) electrons. The highest BCUT2D eigenvalue weighted by Gasteiger charge is 2.32. The van der Waals surface area contributed by atoms with Crippen LogP contribution in [0, 0.1) is 0 Å². The second kappa shape index (κ2) is 9.59. The van der Waals surface area contributed by atoms with Crippen LogP contribution in [0.25, 0.3) is 0 Å². The summed E-state index contributed by atoms with van der Waals surface area (Å²) >= 11 is 0. The molecule has 1 heterocycles. The average molecular weight is 432 g/mol. The van der Waals surface area contributed by atoms with Crippen LogP contribution in [0.15, 0.2) is 59.5 Å². The summed E-state index contributed by atoms with van der Waals surface area (Å²) in [6, 6.07) is 14.9. The minimum Gasteiger partial charge on any atom is -0.497 e. The number of nitrogens with zero attached hydrogens (tertiary/aromatic N) is 3. The van der Waals surface area contributed by atoms with Gasteiger partial charge in [0, 0.05) is 39.6 Å². The number of hydrogen-bond donors (Lipinski definition) is 0. The van der Waals surface area contributed by atoms with Crippen molar-refractivity contribution in [3.05, 3.63) is 60.2 Å². The number of piperazine rings is 1. The Labute approximate surface area is 178 Å². The van der Waals surface area contributed by atoms with E-state index in [-0.39, 0.29) is 17.2 Å². The molecule has 30 heavy (non-hydrogen) atoms. The van der Waals surface area contributed by atoms with Crippen molar-refractivity contribution in [1.29, 1.82) is 0 Å². The van der Waals surface area contributed by atoms with Gasteiger partial charge in [0.15, 0.2) is 0 Å². The number of amides is 1. The van der Waals surface area contributed by atoms with Crippen LogP contribution in [0.2, 0.25) is 0 Å². The number of sulfonamides is 1. The zero-order valence-corrected chi connectivity index (χ0v) is 18.5. The van der Waals surface area contributed by atoms with Gasteiger partial charge in [0.1, 0.15) is 5.75 Å². The Balaban J connectivity index is 1.89. The summed E-state index contributed by atoms with van der Waals surface area (Å²) in [5.74, 6) is 0.635. The summed E-state index contributed by atoms with van der Waals surface area (Å²) in [5, 5.41) is 0. The fraction of sp³-hybridized carbons (Fsp3) is 0.409. The van der Waals surface area contributed by atoms with E-state index in [1.54, 1.807) is 49.6 Å². The first-order valence-electron chi connectivity index (χ1n) is 9.96. The van der Waals surface area contributed by atoms with Crippen molar-refractivity contribution in [2.45, 2.75) is 17.4 Å². The molecule has 1 aliphatic heterocycles. The number of carbonyl (C=O) groups excluding carboxylic acids is 1. The second-order valence-electron chi connectivity index (χ2n) is 7.51. The molecular weight excluding hydrogens is 402 g/mol. The zero-order valence-electron chi connectivity index (χ0n) is 17.7. The van der Waals surface area contributed by atoms with Crippen molar-refractivity contribution >= 4 is 15.9 Å². The smallest absolute Gasteiger partial charge is 0.243 e. The van der Waals surface area contributed by atoms with E-state index in [2.05, 4.69) is 4.90 Å². The number of benzene rings is 2. The van der Waals surface area contributed by atoms with Gasteiger partial charge in [-0.05, 0) is 36.9 Å². The van der Waals surface area contributed by atoms with E-state index >= 15 is 0 Å². The molecule has 0 N–H and O–H groups in total. The standard InChI is InChI=1S/C22H29N3O4S/c1-23-13-15-25(16-14-23)22(26)17-21(18-9-11-19(29-3)12-10-18)24(2)30(27,28)20-7-5-4-6-8-20/h4-12,21H,13-17H2,1-3H3/t21-/m0/s1. The van der Waals surface area contributed by atoms with E-state index < -0.39 is 16.1 Å². The highest BCUT2D eigenvalue weighted by molar-refractivity contribution is 7.89. The van der Waals surface area contributed by atoms with Gasteiger partial charge in [-0.3, -0.25) is 4.79 Å². The van der Waals surface area contributed by atoms with Crippen LogP contribution >= 0.6 is 0 Å². The van der Waals surface area contributed by atoms with Crippen molar-refractivity contribution in [2.24, 2.45) is 0 Å². The van der Waals surface area contributed by atoms with Gasteiger partial charge in [-0.1, -0.05) is 30.3 Å². The Bertz CT molecular complexity index is 940. The van der Waals surface area contributed by atoms with Gasteiger partial charge < -0.3 is 14.5 Å². The lowest BCUT2D eigenvalue weighted by molar-refractivity contribution is -0.133. The third-order valence-electron chi connectivity index (χ3n) is 5.58. The largest absolute Gasteiger partial charge is 0.497 e. The Morgan fingerprint density at radius 1 is 1.03 bits per heavy atom. The number of ether oxygens (including phenoxy) is 1. The molecule has 2 aromatic rings. The third kappa shape index (κ3) is 5.00. The van der Waals surface area contributed by atoms with E-state index in [0.29, 0.717) is 18.8 Å². The quantitative estimate of drug-likeness (QED) is 0.672. The van der Waals surface area contributed by atoms with Gasteiger partial charge in [-0.15, -0.1) is 0 Å². The first kappa shape index (κ1) is 22.3. The molecule has 8 heteroatoms. The van der Waals surface area contributed by atoms with Gasteiger partial charge in [0.25, 0.3) is 0 Å². The average Bonchev–Trinajstić information content (AvgIpc) is 2.78. The number of carbonyl (C=O) groups is 1. The van der Waals surface area contributed by atoms with Crippen LogP contribution in [-0.2, 0) is 14.8 Å². The van der Waals surface area contributed by atoms with Crippen LogP contribution in [-0.4, -0.2) is 75.8 Å². The molecule has 3 rings (SSSR count). The van der Waals surface area contributed by atoms with Crippen molar-refractivity contribution < 1.29 is 17.9 Å². The predicted molar refractivity (Wildman–Crippen MR) is 116 cm³/mol.